The molecule has 2 amide bonds. The van der Waals surface area contributed by atoms with E-state index in [9.17, 15) is 24.5 Å². The summed E-state index contributed by atoms with van der Waals surface area (Å²) >= 11 is 3.30. The van der Waals surface area contributed by atoms with Gasteiger partial charge in [0.25, 0.3) is 11.6 Å². The van der Waals surface area contributed by atoms with E-state index in [0.717, 1.165) is 9.37 Å². The van der Waals surface area contributed by atoms with Crippen LogP contribution in [0, 0.1) is 16.0 Å². The van der Waals surface area contributed by atoms with Crippen molar-refractivity contribution in [2.24, 2.45) is 11.0 Å². The molecule has 9 nitrogen and oxygen atoms in total. The van der Waals surface area contributed by atoms with Crippen LogP contribution in [0.1, 0.15) is 6.92 Å². The molecule has 0 aliphatic carbocycles. The van der Waals surface area contributed by atoms with Gasteiger partial charge >= 0.3 is 0 Å². The Hall–Kier alpha value is -3.40. The van der Waals surface area contributed by atoms with Crippen LogP contribution in [0.2, 0.25) is 0 Å². The van der Waals surface area contributed by atoms with Crippen molar-refractivity contribution in [1.82, 2.24) is 0 Å². The molecule has 0 saturated carbocycles. The molecule has 146 valence electrons. The highest BCUT2D eigenvalue weighted by molar-refractivity contribution is 9.10. The Balaban J connectivity index is 1.80. The van der Waals surface area contributed by atoms with E-state index in [4.69, 9.17) is 0 Å². The van der Waals surface area contributed by atoms with Gasteiger partial charge in [-0.2, -0.15) is 5.10 Å². The minimum atomic E-state index is -1.08. The fourth-order valence-corrected chi connectivity index (χ4v) is 3.78. The molecule has 1 fully saturated rings. The van der Waals surface area contributed by atoms with Gasteiger partial charge in [0.2, 0.25) is 5.91 Å². The van der Waals surface area contributed by atoms with Crippen LogP contribution >= 0.6 is 15.9 Å². The number of benzene rings is 2. The first kappa shape index (κ1) is 18.9. The van der Waals surface area contributed by atoms with Crippen molar-refractivity contribution in [3.05, 3.63) is 63.1 Å². The summed E-state index contributed by atoms with van der Waals surface area (Å²) in [4.78, 5) is 50.0. The third-order valence-electron chi connectivity index (χ3n) is 4.80. The standard InChI is InChI=1S/C19H13BrN4O5/c1-10(25)16-15-17(23(21-16)13-3-2-4-14(9-13)24(28)29)19(27)22(18(15)26)12-7-5-11(20)6-8-12/h2-9,15,17H,1H3/t15-,17-/m0/s1. The summed E-state index contributed by atoms with van der Waals surface area (Å²) < 4.78 is 0.782. The first-order valence-electron chi connectivity index (χ1n) is 8.56. The molecule has 2 aromatic rings. The summed E-state index contributed by atoms with van der Waals surface area (Å²) in [6, 6.07) is 11.1. The lowest BCUT2D eigenvalue weighted by Crippen LogP contribution is -2.39. The van der Waals surface area contributed by atoms with E-state index < -0.39 is 34.5 Å². The minimum Gasteiger partial charge on any atom is -0.293 e. The van der Waals surface area contributed by atoms with Crippen molar-refractivity contribution in [1.29, 1.82) is 0 Å². The molecule has 2 aliphatic heterocycles. The normalized spacial score (nSPS) is 20.7. The number of carbonyl (C=O) groups is 3. The average Bonchev–Trinajstić information content (AvgIpc) is 3.20. The summed E-state index contributed by atoms with van der Waals surface area (Å²) in [5.74, 6) is -2.60. The zero-order chi connectivity index (χ0) is 20.9. The lowest BCUT2D eigenvalue weighted by Gasteiger charge is -2.22. The molecule has 4 rings (SSSR count). The highest BCUT2D eigenvalue weighted by Crippen LogP contribution is 2.38. The Labute approximate surface area is 172 Å². The van der Waals surface area contributed by atoms with E-state index in [1.54, 1.807) is 24.3 Å². The number of nitro benzene ring substituents is 1. The number of fused-ring (bicyclic) bond motifs is 1. The Bertz CT molecular complexity index is 1100. The number of hydrazone groups is 1. The predicted octanol–water partition coefficient (Wildman–Crippen LogP) is 2.68. The van der Waals surface area contributed by atoms with Crippen molar-refractivity contribution < 1.29 is 19.3 Å². The predicted molar refractivity (Wildman–Crippen MR) is 108 cm³/mol. The number of ketones is 1. The van der Waals surface area contributed by atoms with Gasteiger partial charge in [-0.05, 0) is 30.3 Å². The van der Waals surface area contributed by atoms with Gasteiger partial charge in [0.15, 0.2) is 5.78 Å². The fourth-order valence-electron chi connectivity index (χ4n) is 3.51. The van der Waals surface area contributed by atoms with Crippen LogP contribution in [0.3, 0.4) is 0 Å². The van der Waals surface area contributed by atoms with Gasteiger partial charge in [0, 0.05) is 23.5 Å². The number of amides is 2. The maximum Gasteiger partial charge on any atom is 0.271 e. The number of anilines is 2. The summed E-state index contributed by atoms with van der Waals surface area (Å²) in [6.07, 6.45) is 0. The summed E-state index contributed by atoms with van der Waals surface area (Å²) in [6.45, 7) is 1.27. The molecule has 0 bridgehead atoms. The minimum absolute atomic E-state index is 0.0422. The van der Waals surface area contributed by atoms with E-state index in [0.29, 0.717) is 5.69 Å². The fraction of sp³-hybridized carbons (Fsp3) is 0.158. The van der Waals surface area contributed by atoms with Crippen LogP contribution in [0.25, 0.3) is 0 Å². The van der Waals surface area contributed by atoms with Crippen molar-refractivity contribution in [2.75, 3.05) is 9.91 Å². The monoisotopic (exact) mass is 456 g/mol. The first-order chi connectivity index (χ1) is 13.8. The maximum absolute atomic E-state index is 13.2. The molecule has 0 radical (unpaired) electrons. The third-order valence-corrected chi connectivity index (χ3v) is 5.33. The number of Topliss-reactive ketones (excluding diaryl/α,β-unsaturated/α-hetero) is 1. The van der Waals surface area contributed by atoms with E-state index in [2.05, 4.69) is 21.0 Å². The van der Waals surface area contributed by atoms with Gasteiger partial charge in [-0.3, -0.25) is 29.5 Å². The summed E-state index contributed by atoms with van der Waals surface area (Å²) in [5, 5.41) is 16.5. The summed E-state index contributed by atoms with van der Waals surface area (Å²) in [5.41, 5.74) is 0.398. The Morgan fingerprint density at radius 1 is 1.10 bits per heavy atom. The molecule has 29 heavy (non-hydrogen) atoms. The van der Waals surface area contributed by atoms with E-state index in [1.165, 1.54) is 36.2 Å². The molecule has 2 aliphatic rings. The zero-order valence-corrected chi connectivity index (χ0v) is 16.6. The Kier molecular flexibility index (Phi) is 4.50. The van der Waals surface area contributed by atoms with Crippen molar-refractivity contribution in [3.63, 3.8) is 0 Å². The first-order valence-corrected chi connectivity index (χ1v) is 9.35. The molecule has 2 atom stereocenters. The number of nitrogens with zero attached hydrogens (tertiary/aromatic N) is 4. The number of halogens is 1. The molecule has 0 unspecified atom stereocenters. The van der Waals surface area contributed by atoms with Crippen molar-refractivity contribution >= 4 is 56.3 Å². The number of imide groups is 1. The zero-order valence-electron chi connectivity index (χ0n) is 15.0. The van der Waals surface area contributed by atoms with Crippen molar-refractivity contribution in [3.8, 4) is 0 Å². The molecular formula is C19H13BrN4O5. The number of non-ortho nitro benzene ring substituents is 1. The highest BCUT2D eigenvalue weighted by atomic mass is 79.9. The van der Waals surface area contributed by atoms with Gasteiger partial charge in [-0.15, -0.1) is 0 Å². The highest BCUT2D eigenvalue weighted by Gasteiger charge is 2.58. The van der Waals surface area contributed by atoms with Crippen molar-refractivity contribution in [2.45, 2.75) is 13.0 Å². The molecule has 1 saturated heterocycles. The van der Waals surface area contributed by atoms with Crippen LogP contribution < -0.4 is 9.91 Å². The van der Waals surface area contributed by atoms with Gasteiger partial charge in [-0.25, -0.2) is 4.90 Å². The smallest absolute Gasteiger partial charge is 0.271 e. The Morgan fingerprint density at radius 2 is 1.79 bits per heavy atom. The molecular weight excluding hydrogens is 444 g/mol. The molecule has 2 aromatic carbocycles. The molecule has 2 heterocycles. The summed E-state index contributed by atoms with van der Waals surface area (Å²) in [7, 11) is 0. The third kappa shape index (κ3) is 3.01. The maximum atomic E-state index is 13.2. The number of nitro groups is 1. The second kappa shape index (κ2) is 6.89. The van der Waals surface area contributed by atoms with Crippen LogP contribution in [0.5, 0.6) is 0 Å². The largest absolute Gasteiger partial charge is 0.293 e. The number of carbonyl (C=O) groups excluding carboxylic acids is 3. The van der Waals surface area contributed by atoms with Gasteiger partial charge in [0.1, 0.15) is 17.7 Å². The van der Waals surface area contributed by atoms with Crippen LogP contribution in [-0.2, 0) is 14.4 Å². The van der Waals surface area contributed by atoms with E-state index in [1.807, 2.05) is 0 Å². The van der Waals surface area contributed by atoms with Crippen LogP contribution in [0.15, 0.2) is 58.1 Å². The second-order valence-electron chi connectivity index (χ2n) is 6.57. The molecule has 0 aromatic heterocycles. The second-order valence-corrected chi connectivity index (χ2v) is 7.49. The average molecular weight is 457 g/mol. The Morgan fingerprint density at radius 3 is 2.41 bits per heavy atom. The van der Waals surface area contributed by atoms with Crippen LogP contribution in [-0.4, -0.2) is 34.3 Å². The lowest BCUT2D eigenvalue weighted by molar-refractivity contribution is -0.384. The molecule has 10 heteroatoms. The van der Waals surface area contributed by atoms with E-state index in [-0.39, 0.29) is 17.1 Å². The van der Waals surface area contributed by atoms with Gasteiger partial charge in [0.05, 0.1) is 16.3 Å². The topological polar surface area (TPSA) is 113 Å². The molecule has 0 spiro atoms. The van der Waals surface area contributed by atoms with E-state index >= 15 is 0 Å². The number of hydrogen-bond acceptors (Lipinski definition) is 7. The van der Waals surface area contributed by atoms with Crippen LogP contribution in [0.4, 0.5) is 17.1 Å². The van der Waals surface area contributed by atoms with Gasteiger partial charge in [-0.1, -0.05) is 22.0 Å². The quantitative estimate of drug-likeness (QED) is 0.396. The number of hydrogen-bond donors (Lipinski definition) is 0. The van der Waals surface area contributed by atoms with Gasteiger partial charge < -0.3 is 0 Å². The molecule has 0 N–H and O–H groups in total. The SMILES string of the molecule is CC(=O)C1=NN(c2cccc([N+](=O)[O-])c2)[C@@H]2C(=O)N(c3ccc(Br)cc3)C(=O)[C@@H]12. The number of rotatable bonds is 4. The lowest BCUT2D eigenvalue weighted by atomic mass is 9.95.